The van der Waals surface area contributed by atoms with Crippen molar-refractivity contribution in [2.75, 3.05) is 7.11 Å². The van der Waals surface area contributed by atoms with Gasteiger partial charge in [0.1, 0.15) is 17.9 Å². The topological polar surface area (TPSA) is 84.5 Å². The van der Waals surface area contributed by atoms with Gasteiger partial charge in [-0.2, -0.15) is 0 Å². The fraction of sp³-hybridized carbons (Fsp3) is 0.222. The van der Waals surface area contributed by atoms with Crippen LogP contribution in [-0.2, 0) is 25.5 Å². The molecule has 176 valence electrons. The number of ether oxygens (including phenoxy) is 1. The summed E-state index contributed by atoms with van der Waals surface area (Å²) < 4.78 is 18.4. The van der Waals surface area contributed by atoms with E-state index in [-0.39, 0.29) is 6.42 Å². The molecule has 6 nitrogen and oxygen atoms in total. The van der Waals surface area contributed by atoms with Gasteiger partial charge in [0.25, 0.3) is 0 Å². The molecule has 0 aliphatic carbocycles. The number of halogens is 1. The predicted octanol–water partition coefficient (Wildman–Crippen LogP) is 3.36. The average molecular weight is 463 g/mol. The highest BCUT2D eigenvalue weighted by atomic mass is 19.1. The van der Waals surface area contributed by atoms with Crippen LogP contribution >= 0.6 is 0 Å². The first-order valence-corrected chi connectivity index (χ1v) is 10.9. The molecule has 0 bridgehead atoms. The number of methoxy groups -OCH3 is 1. The molecule has 0 heterocycles. The summed E-state index contributed by atoms with van der Waals surface area (Å²) in [4.78, 5) is 38.1. The molecule has 0 saturated carbocycles. The molecular formula is C27H27FN2O4. The van der Waals surface area contributed by atoms with E-state index in [0.717, 1.165) is 11.1 Å². The highest BCUT2D eigenvalue weighted by molar-refractivity contribution is 5.91. The normalized spacial score (nSPS) is 12.5. The minimum Gasteiger partial charge on any atom is -0.467 e. The zero-order valence-electron chi connectivity index (χ0n) is 19.0. The summed E-state index contributed by atoms with van der Waals surface area (Å²) >= 11 is 0. The number of carbonyl (C=O) groups is 3. The molecular weight excluding hydrogens is 435 g/mol. The van der Waals surface area contributed by atoms with E-state index in [0.29, 0.717) is 5.56 Å². The van der Waals surface area contributed by atoms with Gasteiger partial charge in [-0.25, -0.2) is 9.18 Å². The predicted molar refractivity (Wildman–Crippen MR) is 126 cm³/mol. The molecule has 0 aliphatic heterocycles. The van der Waals surface area contributed by atoms with Crippen molar-refractivity contribution in [3.8, 4) is 0 Å². The minimum absolute atomic E-state index is 0.126. The summed E-state index contributed by atoms with van der Waals surface area (Å²) in [7, 11) is 1.26. The molecule has 0 spiro atoms. The molecule has 0 saturated heterocycles. The standard InChI is InChI=1S/C27H27FN2O4/c1-18(31)29-23(17-19-13-15-22(28)16-14-19)26(32)30-25(27(33)34-2)24(20-9-5-3-6-10-20)21-11-7-4-8-12-21/h3-16,23-25H,17H2,1-2H3,(H,29,31)(H,30,32)/t23-,25-/m1/s1. The molecule has 2 amide bonds. The summed E-state index contributed by atoms with van der Waals surface area (Å²) in [6.07, 6.45) is 0.126. The second kappa shape index (κ2) is 11.7. The summed E-state index contributed by atoms with van der Waals surface area (Å²) in [6.45, 7) is 1.31. The quantitative estimate of drug-likeness (QED) is 0.478. The molecule has 0 aromatic heterocycles. The van der Waals surface area contributed by atoms with Gasteiger partial charge in [0.05, 0.1) is 7.11 Å². The lowest BCUT2D eigenvalue weighted by molar-refractivity contribution is -0.145. The van der Waals surface area contributed by atoms with Gasteiger partial charge >= 0.3 is 5.97 Å². The molecule has 3 aromatic rings. The molecule has 0 fully saturated rings. The minimum atomic E-state index is -1.05. The van der Waals surface area contributed by atoms with Crippen molar-refractivity contribution >= 4 is 17.8 Å². The van der Waals surface area contributed by atoms with Crippen molar-refractivity contribution < 1.29 is 23.5 Å². The van der Waals surface area contributed by atoms with Gasteiger partial charge in [0.2, 0.25) is 11.8 Å². The van der Waals surface area contributed by atoms with E-state index < -0.39 is 41.6 Å². The van der Waals surface area contributed by atoms with Crippen molar-refractivity contribution in [2.24, 2.45) is 0 Å². The third kappa shape index (κ3) is 6.51. The summed E-state index contributed by atoms with van der Waals surface area (Å²) in [6, 6.07) is 22.3. The maximum atomic E-state index is 13.3. The molecule has 3 aromatic carbocycles. The van der Waals surface area contributed by atoms with Crippen molar-refractivity contribution in [2.45, 2.75) is 31.3 Å². The Kier molecular flexibility index (Phi) is 8.51. The lowest BCUT2D eigenvalue weighted by Crippen LogP contribution is -2.54. The van der Waals surface area contributed by atoms with Crippen LogP contribution in [0.25, 0.3) is 0 Å². The van der Waals surface area contributed by atoms with Crippen LogP contribution in [0.3, 0.4) is 0 Å². The number of amides is 2. The second-order valence-corrected chi connectivity index (χ2v) is 7.89. The molecule has 0 aliphatic rings. The van der Waals surface area contributed by atoms with E-state index in [1.54, 1.807) is 12.1 Å². The van der Waals surface area contributed by atoms with E-state index in [1.807, 2.05) is 60.7 Å². The van der Waals surface area contributed by atoms with Crippen LogP contribution in [0.1, 0.15) is 29.5 Å². The molecule has 0 unspecified atom stereocenters. The third-order valence-electron chi connectivity index (χ3n) is 5.45. The Morgan fingerprint density at radius 3 is 1.82 bits per heavy atom. The van der Waals surface area contributed by atoms with Crippen molar-refractivity contribution in [3.63, 3.8) is 0 Å². The number of hydrogen-bond acceptors (Lipinski definition) is 4. The first-order valence-electron chi connectivity index (χ1n) is 10.9. The Labute approximate surface area is 198 Å². The van der Waals surface area contributed by atoms with Crippen LogP contribution in [0.5, 0.6) is 0 Å². The first kappa shape index (κ1) is 24.6. The number of esters is 1. The van der Waals surface area contributed by atoms with Crippen molar-refractivity contribution in [1.29, 1.82) is 0 Å². The van der Waals surface area contributed by atoms with E-state index >= 15 is 0 Å². The Morgan fingerprint density at radius 1 is 0.824 bits per heavy atom. The van der Waals surface area contributed by atoms with Crippen molar-refractivity contribution in [3.05, 3.63) is 107 Å². The summed E-state index contributed by atoms with van der Waals surface area (Å²) in [5.74, 6) is -2.49. The van der Waals surface area contributed by atoms with Gasteiger partial charge in [-0.15, -0.1) is 0 Å². The van der Waals surface area contributed by atoms with E-state index in [4.69, 9.17) is 4.74 Å². The Hall–Kier alpha value is -4.00. The van der Waals surface area contributed by atoms with Crippen LogP contribution < -0.4 is 10.6 Å². The second-order valence-electron chi connectivity index (χ2n) is 7.89. The smallest absolute Gasteiger partial charge is 0.329 e. The van der Waals surface area contributed by atoms with E-state index in [9.17, 15) is 18.8 Å². The fourth-order valence-corrected chi connectivity index (χ4v) is 3.87. The van der Waals surface area contributed by atoms with Gasteiger partial charge in [-0.3, -0.25) is 9.59 Å². The Morgan fingerprint density at radius 2 is 1.35 bits per heavy atom. The van der Waals surface area contributed by atoms with Gasteiger partial charge in [-0.1, -0.05) is 72.8 Å². The van der Waals surface area contributed by atoms with Crippen LogP contribution in [0.4, 0.5) is 4.39 Å². The number of rotatable bonds is 9. The molecule has 7 heteroatoms. The van der Waals surface area contributed by atoms with Crippen LogP contribution in [-0.4, -0.2) is 37.0 Å². The SMILES string of the molecule is COC(=O)[C@H](NC(=O)[C@@H](Cc1ccc(F)cc1)NC(C)=O)C(c1ccccc1)c1ccccc1. The molecule has 2 atom stereocenters. The lowest BCUT2D eigenvalue weighted by atomic mass is 9.84. The summed E-state index contributed by atoms with van der Waals surface area (Å²) in [5.41, 5.74) is 2.30. The monoisotopic (exact) mass is 462 g/mol. The average Bonchev–Trinajstić information content (AvgIpc) is 2.85. The Bertz CT molecular complexity index is 1060. The van der Waals surface area contributed by atoms with Crippen molar-refractivity contribution in [1.82, 2.24) is 10.6 Å². The largest absolute Gasteiger partial charge is 0.467 e. The molecule has 3 rings (SSSR count). The van der Waals surface area contributed by atoms with Gasteiger partial charge in [0.15, 0.2) is 0 Å². The fourth-order valence-electron chi connectivity index (χ4n) is 3.87. The van der Waals surface area contributed by atoms with E-state index in [2.05, 4.69) is 10.6 Å². The highest BCUT2D eigenvalue weighted by Gasteiger charge is 2.35. The van der Waals surface area contributed by atoms with Gasteiger partial charge in [0, 0.05) is 19.3 Å². The lowest BCUT2D eigenvalue weighted by Gasteiger charge is -2.29. The molecule has 34 heavy (non-hydrogen) atoms. The van der Waals surface area contributed by atoms with Gasteiger partial charge < -0.3 is 15.4 Å². The maximum absolute atomic E-state index is 13.3. The molecule has 0 radical (unpaired) electrons. The molecule has 2 N–H and O–H groups in total. The summed E-state index contributed by atoms with van der Waals surface area (Å²) in [5, 5.41) is 5.43. The third-order valence-corrected chi connectivity index (χ3v) is 5.45. The number of hydrogen-bond donors (Lipinski definition) is 2. The number of carbonyl (C=O) groups excluding carboxylic acids is 3. The number of benzene rings is 3. The zero-order chi connectivity index (χ0) is 24.5. The first-order chi connectivity index (χ1) is 16.4. The Balaban J connectivity index is 1.94. The van der Waals surface area contributed by atoms with Crippen LogP contribution in [0, 0.1) is 5.82 Å². The maximum Gasteiger partial charge on any atom is 0.329 e. The van der Waals surface area contributed by atoms with Crippen LogP contribution in [0.15, 0.2) is 84.9 Å². The highest BCUT2D eigenvalue weighted by Crippen LogP contribution is 2.29. The van der Waals surface area contributed by atoms with Crippen LogP contribution in [0.2, 0.25) is 0 Å². The van der Waals surface area contributed by atoms with E-state index in [1.165, 1.54) is 26.2 Å². The zero-order valence-corrected chi connectivity index (χ0v) is 19.0. The van der Waals surface area contributed by atoms with Gasteiger partial charge in [-0.05, 0) is 28.8 Å². The number of nitrogens with one attached hydrogen (secondary N) is 2.